The van der Waals surface area contributed by atoms with Gasteiger partial charge in [-0.3, -0.25) is 9.59 Å². The quantitative estimate of drug-likeness (QED) is 0.356. The molecule has 0 aliphatic rings. The lowest BCUT2D eigenvalue weighted by Crippen LogP contribution is -2.12. The molecule has 10 heavy (non-hydrogen) atoms. The van der Waals surface area contributed by atoms with Gasteiger partial charge in [-0.1, -0.05) is 11.6 Å². The van der Waals surface area contributed by atoms with Crippen LogP contribution in [-0.2, 0) is 14.3 Å². The van der Waals surface area contributed by atoms with Gasteiger partial charge in [0.25, 0.3) is 0 Å². The fraction of sp³-hybridized carbons (Fsp3) is 0.667. The topological polar surface area (TPSA) is 43.4 Å². The van der Waals surface area contributed by atoms with E-state index in [0.717, 1.165) is 0 Å². The summed E-state index contributed by atoms with van der Waals surface area (Å²) >= 11 is 5.30. The first kappa shape index (κ1) is 9.43. The van der Waals surface area contributed by atoms with Gasteiger partial charge in [0.15, 0.2) is 5.56 Å². The van der Waals surface area contributed by atoms with Gasteiger partial charge in [0, 0.05) is 0 Å². The fourth-order valence-electron chi connectivity index (χ4n) is 0.426. The number of ketones is 1. The van der Waals surface area contributed by atoms with Crippen molar-refractivity contribution >= 4 is 23.4 Å². The Balaban J connectivity index is 3.54. The second-order valence-electron chi connectivity index (χ2n) is 1.91. The van der Waals surface area contributed by atoms with Gasteiger partial charge in [0.1, 0.15) is 12.2 Å². The molecule has 0 rings (SSSR count). The Morgan fingerprint density at radius 2 is 2.10 bits per heavy atom. The molecule has 0 aromatic rings. The van der Waals surface area contributed by atoms with Crippen molar-refractivity contribution in [1.82, 2.24) is 0 Å². The molecule has 0 fully saturated rings. The van der Waals surface area contributed by atoms with Crippen LogP contribution < -0.4 is 0 Å². The number of alkyl halides is 1. The van der Waals surface area contributed by atoms with Gasteiger partial charge in [-0.15, -0.1) is 0 Å². The summed E-state index contributed by atoms with van der Waals surface area (Å²) in [7, 11) is 0. The number of halogens is 1. The number of Topliss-reactive ketones (excluding diaryl/α,β-unsaturated/α-hetero) is 1. The van der Waals surface area contributed by atoms with Crippen LogP contribution in [0.3, 0.4) is 0 Å². The van der Waals surface area contributed by atoms with E-state index in [-0.39, 0.29) is 12.2 Å². The summed E-state index contributed by atoms with van der Waals surface area (Å²) in [5.41, 5.74) is -0.660. The minimum atomic E-state index is -0.660. The highest BCUT2D eigenvalue weighted by Gasteiger charge is 2.08. The van der Waals surface area contributed by atoms with E-state index in [9.17, 15) is 9.59 Å². The summed E-state index contributed by atoms with van der Waals surface area (Å²) < 4.78 is 4.47. The lowest BCUT2D eigenvalue weighted by molar-refractivity contribution is -0.146. The molecule has 0 spiro atoms. The van der Waals surface area contributed by atoms with E-state index in [4.69, 9.17) is 11.6 Å². The molecule has 3 nitrogen and oxygen atoms in total. The third-order valence-corrected chi connectivity index (χ3v) is 0.776. The van der Waals surface area contributed by atoms with Crippen LogP contribution in [0.4, 0.5) is 0 Å². The molecule has 0 radical (unpaired) electrons. The molecule has 4 heteroatoms. The zero-order valence-corrected chi connectivity index (χ0v) is 6.64. The molecule has 0 aromatic carbocycles. The van der Waals surface area contributed by atoms with Crippen LogP contribution in [0.2, 0.25) is 0 Å². The normalized spacial score (nSPS) is 12.3. The van der Waals surface area contributed by atoms with Crippen LogP contribution in [0.15, 0.2) is 0 Å². The van der Waals surface area contributed by atoms with E-state index < -0.39 is 11.5 Å². The highest BCUT2D eigenvalue weighted by atomic mass is 35.5. The molecule has 0 aromatic heterocycles. The van der Waals surface area contributed by atoms with Crippen LogP contribution in [0.1, 0.15) is 20.3 Å². The van der Waals surface area contributed by atoms with Crippen molar-refractivity contribution in [3.63, 3.8) is 0 Å². The Bertz CT molecular complexity index is 142. The van der Waals surface area contributed by atoms with E-state index in [1.54, 1.807) is 0 Å². The molecule has 58 valence electrons. The molecular formula is C6H9ClO3. The van der Waals surface area contributed by atoms with Gasteiger partial charge < -0.3 is 4.74 Å². The summed E-state index contributed by atoms with van der Waals surface area (Å²) in [4.78, 5) is 20.8. The van der Waals surface area contributed by atoms with Crippen LogP contribution in [0.25, 0.3) is 0 Å². The summed E-state index contributed by atoms with van der Waals surface area (Å²) in [5, 5.41) is 0. The molecule has 0 heterocycles. The Morgan fingerprint density at radius 1 is 1.60 bits per heavy atom. The lowest BCUT2D eigenvalue weighted by Gasteiger charge is -2.03. The second kappa shape index (κ2) is 4.28. The number of ether oxygens (including phenoxy) is 1. The standard InChI is InChI=1S/C6H9ClO3/c1-4(8)3-6(9)10-5(2)7/h5H,3H2,1-2H3/t5-/m1/s1. The maximum Gasteiger partial charge on any atom is 0.314 e. The number of esters is 1. The first-order chi connectivity index (χ1) is 4.52. The largest absolute Gasteiger partial charge is 0.446 e. The van der Waals surface area contributed by atoms with Crippen molar-refractivity contribution in [3.8, 4) is 0 Å². The number of hydrogen-bond donors (Lipinski definition) is 0. The molecule has 0 amide bonds. The highest BCUT2D eigenvalue weighted by Crippen LogP contribution is 1.98. The maximum absolute atomic E-state index is 10.5. The van der Waals surface area contributed by atoms with Crippen molar-refractivity contribution in [3.05, 3.63) is 0 Å². The SMILES string of the molecule is CC(=O)CC(=O)O[C@H](C)Cl. The lowest BCUT2D eigenvalue weighted by atomic mass is 10.3. The Kier molecular flexibility index (Phi) is 4.03. The highest BCUT2D eigenvalue weighted by molar-refractivity contribution is 6.20. The Morgan fingerprint density at radius 3 is 2.40 bits per heavy atom. The number of carbonyl (C=O) groups excluding carboxylic acids is 2. The average molecular weight is 165 g/mol. The third kappa shape index (κ3) is 5.56. The average Bonchev–Trinajstić information content (AvgIpc) is 1.58. The molecule has 0 aliphatic heterocycles. The summed E-state index contributed by atoms with van der Waals surface area (Å²) in [5.74, 6) is -0.794. The first-order valence-electron chi connectivity index (χ1n) is 2.85. The minimum absolute atomic E-state index is 0.197. The summed E-state index contributed by atoms with van der Waals surface area (Å²) in [6.07, 6.45) is -0.197. The van der Waals surface area contributed by atoms with E-state index in [1.165, 1.54) is 13.8 Å². The van der Waals surface area contributed by atoms with Gasteiger partial charge in [0.2, 0.25) is 0 Å². The predicted molar refractivity (Wildman–Crippen MR) is 36.7 cm³/mol. The van der Waals surface area contributed by atoms with Gasteiger partial charge >= 0.3 is 5.97 Å². The minimum Gasteiger partial charge on any atom is -0.446 e. The van der Waals surface area contributed by atoms with Gasteiger partial charge in [-0.05, 0) is 13.8 Å². The Hall–Kier alpha value is -0.570. The van der Waals surface area contributed by atoms with Crippen LogP contribution >= 0.6 is 11.6 Å². The molecule has 0 unspecified atom stereocenters. The smallest absolute Gasteiger partial charge is 0.314 e. The van der Waals surface area contributed by atoms with Crippen molar-refractivity contribution < 1.29 is 14.3 Å². The van der Waals surface area contributed by atoms with Crippen LogP contribution in [0, 0.1) is 0 Å². The predicted octanol–water partition coefficient (Wildman–Crippen LogP) is 1.09. The van der Waals surface area contributed by atoms with Crippen LogP contribution in [-0.4, -0.2) is 17.3 Å². The Labute approximate surface area is 64.3 Å². The van der Waals surface area contributed by atoms with Gasteiger partial charge in [0.05, 0.1) is 0 Å². The molecule has 0 N–H and O–H groups in total. The number of rotatable bonds is 3. The van der Waals surface area contributed by atoms with Crippen molar-refractivity contribution in [2.24, 2.45) is 0 Å². The van der Waals surface area contributed by atoms with E-state index in [1.807, 2.05) is 0 Å². The van der Waals surface area contributed by atoms with E-state index in [0.29, 0.717) is 0 Å². The van der Waals surface area contributed by atoms with Gasteiger partial charge in [-0.2, -0.15) is 0 Å². The molecule has 0 saturated heterocycles. The molecule has 0 aliphatic carbocycles. The first-order valence-corrected chi connectivity index (χ1v) is 3.29. The summed E-state index contributed by atoms with van der Waals surface area (Å²) in [6.45, 7) is 2.83. The molecule has 1 atom stereocenters. The van der Waals surface area contributed by atoms with Crippen molar-refractivity contribution in [2.75, 3.05) is 0 Å². The number of hydrogen-bond acceptors (Lipinski definition) is 3. The molecular weight excluding hydrogens is 156 g/mol. The fourth-order valence-corrected chi connectivity index (χ4v) is 0.525. The maximum atomic E-state index is 10.5. The van der Waals surface area contributed by atoms with Crippen LogP contribution in [0.5, 0.6) is 0 Å². The zero-order chi connectivity index (χ0) is 8.15. The monoisotopic (exact) mass is 164 g/mol. The van der Waals surface area contributed by atoms with E-state index in [2.05, 4.69) is 4.74 Å². The zero-order valence-electron chi connectivity index (χ0n) is 5.89. The van der Waals surface area contributed by atoms with Crippen molar-refractivity contribution in [1.29, 1.82) is 0 Å². The number of carbonyl (C=O) groups is 2. The molecule has 0 bridgehead atoms. The third-order valence-electron chi connectivity index (χ3n) is 0.687. The molecule has 0 saturated carbocycles. The summed E-state index contributed by atoms with van der Waals surface area (Å²) in [6, 6.07) is 0. The second-order valence-corrected chi connectivity index (χ2v) is 2.53. The van der Waals surface area contributed by atoms with Crippen molar-refractivity contribution in [2.45, 2.75) is 25.8 Å². The van der Waals surface area contributed by atoms with E-state index >= 15 is 0 Å². The van der Waals surface area contributed by atoms with Gasteiger partial charge in [-0.25, -0.2) is 0 Å².